The number of fused-ring (bicyclic) bond motifs is 2. The highest BCUT2D eigenvalue weighted by atomic mass is 16.5. The first kappa shape index (κ1) is 12.6. The first-order valence-electron chi connectivity index (χ1n) is 7.51. The molecule has 0 radical (unpaired) electrons. The molecule has 2 aliphatic carbocycles. The topological polar surface area (TPSA) is 26.3 Å². The summed E-state index contributed by atoms with van der Waals surface area (Å²) in [5, 5.41) is 0. The van der Waals surface area contributed by atoms with Gasteiger partial charge in [-0.05, 0) is 30.9 Å². The summed E-state index contributed by atoms with van der Waals surface area (Å²) in [7, 11) is 0. The molecule has 2 nitrogen and oxygen atoms in total. The Bertz CT molecular complexity index is 723. The number of ether oxygens (including phenoxy) is 1. The molecular weight excluding hydrogens is 260 g/mol. The van der Waals surface area contributed by atoms with E-state index in [9.17, 15) is 4.79 Å². The van der Waals surface area contributed by atoms with Gasteiger partial charge in [-0.15, -0.1) is 0 Å². The zero-order valence-electron chi connectivity index (χ0n) is 12.2. The van der Waals surface area contributed by atoms with Crippen LogP contribution < -0.4 is 0 Å². The van der Waals surface area contributed by atoms with Crippen molar-refractivity contribution < 1.29 is 9.53 Å². The molecule has 0 spiro atoms. The zero-order valence-corrected chi connectivity index (χ0v) is 12.2. The Labute approximate surface area is 124 Å². The van der Waals surface area contributed by atoms with Crippen LogP contribution in [0.15, 0.2) is 54.1 Å². The normalized spacial score (nSPS) is 30.0. The minimum absolute atomic E-state index is 0.228. The third-order valence-electron chi connectivity index (χ3n) is 5.14. The van der Waals surface area contributed by atoms with E-state index in [0.29, 0.717) is 6.61 Å². The summed E-state index contributed by atoms with van der Waals surface area (Å²) in [4.78, 5) is 13.1. The fourth-order valence-electron chi connectivity index (χ4n) is 4.04. The lowest BCUT2D eigenvalue weighted by Crippen LogP contribution is -2.42. The second-order valence-corrected chi connectivity index (χ2v) is 6.25. The Morgan fingerprint density at radius 3 is 2.86 bits per heavy atom. The first-order chi connectivity index (χ1) is 10.2. The maximum atomic E-state index is 13.1. The van der Waals surface area contributed by atoms with Gasteiger partial charge in [0, 0.05) is 17.0 Å². The number of carbonyl (C=O) groups is 1. The number of ketones is 1. The molecular formula is C19H18O2. The van der Waals surface area contributed by atoms with Crippen molar-refractivity contribution in [2.75, 3.05) is 6.61 Å². The van der Waals surface area contributed by atoms with Gasteiger partial charge >= 0.3 is 0 Å². The number of hydrogen-bond acceptors (Lipinski definition) is 2. The number of allylic oxidation sites excluding steroid dienone is 4. The third kappa shape index (κ3) is 1.50. The summed E-state index contributed by atoms with van der Waals surface area (Å²) >= 11 is 0. The molecule has 106 valence electrons. The van der Waals surface area contributed by atoms with E-state index >= 15 is 0 Å². The van der Waals surface area contributed by atoms with Gasteiger partial charge in [0.25, 0.3) is 0 Å². The van der Waals surface area contributed by atoms with Crippen molar-refractivity contribution in [3.63, 3.8) is 0 Å². The van der Waals surface area contributed by atoms with E-state index in [-0.39, 0.29) is 11.7 Å². The van der Waals surface area contributed by atoms with E-state index in [4.69, 9.17) is 4.74 Å². The van der Waals surface area contributed by atoms with Crippen LogP contribution in [0, 0.1) is 11.3 Å². The Morgan fingerprint density at radius 1 is 1.33 bits per heavy atom. The number of carbonyl (C=O) groups excluding carboxylic acids is 1. The quantitative estimate of drug-likeness (QED) is 0.771. The molecule has 2 heteroatoms. The van der Waals surface area contributed by atoms with Gasteiger partial charge in [-0.1, -0.05) is 43.0 Å². The lowest BCUT2D eigenvalue weighted by Gasteiger charge is -2.45. The molecule has 1 aromatic carbocycles. The van der Waals surface area contributed by atoms with E-state index in [0.717, 1.165) is 29.7 Å². The zero-order chi connectivity index (χ0) is 14.6. The van der Waals surface area contributed by atoms with E-state index < -0.39 is 5.41 Å². The molecule has 0 amide bonds. The van der Waals surface area contributed by atoms with E-state index in [1.165, 1.54) is 11.1 Å². The van der Waals surface area contributed by atoms with Crippen LogP contribution >= 0.6 is 0 Å². The van der Waals surface area contributed by atoms with Gasteiger partial charge in [-0.2, -0.15) is 0 Å². The highest BCUT2D eigenvalue weighted by Crippen LogP contribution is 2.55. The van der Waals surface area contributed by atoms with Crippen molar-refractivity contribution in [2.24, 2.45) is 11.3 Å². The number of Topliss-reactive ketones (excluding diaryl/α,β-unsaturated/α-hetero) is 1. The monoisotopic (exact) mass is 278 g/mol. The van der Waals surface area contributed by atoms with E-state index in [1.54, 1.807) is 0 Å². The predicted octanol–water partition coefficient (Wildman–Crippen LogP) is 4.15. The van der Waals surface area contributed by atoms with Crippen molar-refractivity contribution in [1.29, 1.82) is 0 Å². The molecule has 0 aromatic heterocycles. The summed E-state index contributed by atoms with van der Waals surface area (Å²) in [6, 6.07) is 7.83. The van der Waals surface area contributed by atoms with Crippen LogP contribution in [0.4, 0.5) is 0 Å². The minimum Gasteiger partial charge on any atom is -0.493 e. The lowest BCUT2D eigenvalue weighted by molar-refractivity contribution is 0.0815. The standard InChI is InChI=1S/C19H18O2/c1-3-12-8-10-19(2)16-13(12)9-11-21-17(16)14-6-4-5-7-15(14)18(19)20/h3-8,13H,1,9-11H2,2H3/t13-,19+/m0/s1. The first-order valence-corrected chi connectivity index (χ1v) is 7.51. The molecule has 0 bridgehead atoms. The van der Waals surface area contributed by atoms with Gasteiger partial charge in [0.15, 0.2) is 5.78 Å². The van der Waals surface area contributed by atoms with Gasteiger partial charge in [0.2, 0.25) is 0 Å². The van der Waals surface area contributed by atoms with Crippen LogP contribution in [-0.2, 0) is 4.74 Å². The average Bonchev–Trinajstić information content (AvgIpc) is 2.53. The maximum Gasteiger partial charge on any atom is 0.173 e. The van der Waals surface area contributed by atoms with Gasteiger partial charge < -0.3 is 4.74 Å². The Hall–Kier alpha value is -2.09. The molecule has 2 atom stereocenters. The fraction of sp³-hybridized carbons (Fsp3) is 0.316. The molecule has 0 N–H and O–H groups in total. The van der Waals surface area contributed by atoms with Crippen molar-refractivity contribution in [1.82, 2.24) is 0 Å². The van der Waals surface area contributed by atoms with Gasteiger partial charge in [-0.3, -0.25) is 4.79 Å². The fourth-order valence-corrected chi connectivity index (χ4v) is 4.04. The molecule has 1 aliphatic heterocycles. The van der Waals surface area contributed by atoms with Crippen molar-refractivity contribution in [3.8, 4) is 0 Å². The van der Waals surface area contributed by atoms with Crippen LogP contribution in [0.25, 0.3) is 5.76 Å². The summed E-state index contributed by atoms with van der Waals surface area (Å²) in [6.45, 7) is 6.71. The van der Waals surface area contributed by atoms with Crippen LogP contribution in [0.5, 0.6) is 0 Å². The van der Waals surface area contributed by atoms with Crippen molar-refractivity contribution >= 4 is 11.5 Å². The molecule has 1 aromatic rings. The minimum atomic E-state index is -0.457. The van der Waals surface area contributed by atoms with Gasteiger partial charge in [-0.25, -0.2) is 0 Å². The van der Waals surface area contributed by atoms with Crippen molar-refractivity contribution in [2.45, 2.75) is 19.8 Å². The maximum absolute atomic E-state index is 13.1. The average molecular weight is 278 g/mol. The highest BCUT2D eigenvalue weighted by molar-refractivity contribution is 6.09. The molecule has 0 unspecified atom stereocenters. The largest absolute Gasteiger partial charge is 0.493 e. The third-order valence-corrected chi connectivity index (χ3v) is 5.14. The van der Waals surface area contributed by atoms with Crippen LogP contribution in [-0.4, -0.2) is 12.4 Å². The van der Waals surface area contributed by atoms with Crippen LogP contribution in [0.1, 0.15) is 35.7 Å². The van der Waals surface area contributed by atoms with Gasteiger partial charge in [0.1, 0.15) is 5.76 Å². The Kier molecular flexibility index (Phi) is 2.53. The Balaban J connectivity index is 2.05. The number of rotatable bonds is 1. The second-order valence-electron chi connectivity index (χ2n) is 6.25. The summed E-state index contributed by atoms with van der Waals surface area (Å²) in [5.41, 5.74) is 3.73. The van der Waals surface area contributed by atoms with E-state index in [2.05, 4.69) is 19.6 Å². The van der Waals surface area contributed by atoms with E-state index in [1.807, 2.05) is 30.3 Å². The molecule has 21 heavy (non-hydrogen) atoms. The van der Waals surface area contributed by atoms with Crippen LogP contribution in [0.2, 0.25) is 0 Å². The summed E-state index contributed by atoms with van der Waals surface area (Å²) < 4.78 is 6.02. The highest BCUT2D eigenvalue weighted by Gasteiger charge is 2.50. The summed E-state index contributed by atoms with van der Waals surface area (Å²) in [6.07, 6.45) is 5.79. The van der Waals surface area contributed by atoms with Gasteiger partial charge in [0.05, 0.1) is 12.0 Å². The predicted molar refractivity (Wildman–Crippen MR) is 82.8 cm³/mol. The SMILES string of the molecule is C=CC1=CC[C@@]2(C)C(=O)c3ccccc3C3=C2[C@H]1CCO3. The molecule has 3 aliphatic rings. The smallest absolute Gasteiger partial charge is 0.173 e. The molecule has 0 fully saturated rings. The number of benzene rings is 1. The molecule has 0 saturated carbocycles. The molecule has 4 rings (SSSR count). The van der Waals surface area contributed by atoms with Crippen molar-refractivity contribution in [3.05, 3.63) is 65.3 Å². The number of hydrogen-bond donors (Lipinski definition) is 0. The molecule has 1 heterocycles. The summed E-state index contributed by atoms with van der Waals surface area (Å²) in [5.74, 6) is 1.45. The van der Waals surface area contributed by atoms with Crippen LogP contribution in [0.3, 0.4) is 0 Å². The molecule has 0 saturated heterocycles. The Morgan fingerprint density at radius 2 is 2.10 bits per heavy atom. The second kappa shape index (κ2) is 4.20. The lowest BCUT2D eigenvalue weighted by atomic mass is 9.59.